The second-order valence-corrected chi connectivity index (χ2v) is 10.3. The molecule has 3 aromatic rings. The van der Waals surface area contributed by atoms with Crippen LogP contribution in [0.1, 0.15) is 44.7 Å². The molecule has 0 bridgehead atoms. The molecule has 2 heterocycles. The number of ether oxygens (including phenoxy) is 1. The Morgan fingerprint density at radius 2 is 1.94 bits per heavy atom. The molecular formula is C26H30ClN3O3S. The molecule has 4 rings (SSSR count). The molecule has 0 spiro atoms. The largest absolute Gasteiger partial charge is 0.489 e. The third kappa shape index (κ3) is 5.59. The standard InChI is InChI=1S/C26H30ClN3O3S/c1-4-20-19(15-30-12-10-17(11-13-30)26(31)32)6-5-7-21(20)25-29-28-24(34-25)18-8-9-23(22(27)14-18)33-16(2)3/h5-9,14,16-17H,4,10-13,15H2,1-3H3,(H,31,32). The molecule has 1 aliphatic heterocycles. The van der Waals surface area contributed by atoms with Gasteiger partial charge < -0.3 is 9.84 Å². The molecule has 0 unspecified atom stereocenters. The van der Waals surface area contributed by atoms with Gasteiger partial charge in [-0.15, -0.1) is 10.2 Å². The maximum absolute atomic E-state index is 11.3. The molecule has 1 fully saturated rings. The van der Waals surface area contributed by atoms with Crippen LogP contribution in [0.3, 0.4) is 0 Å². The summed E-state index contributed by atoms with van der Waals surface area (Å²) in [7, 11) is 0. The number of carboxylic acid groups (broad SMARTS) is 1. The minimum Gasteiger partial charge on any atom is -0.489 e. The molecule has 0 aliphatic carbocycles. The predicted molar refractivity (Wildman–Crippen MR) is 137 cm³/mol. The van der Waals surface area contributed by atoms with Crippen molar-refractivity contribution in [1.29, 1.82) is 0 Å². The lowest BCUT2D eigenvalue weighted by atomic mass is 9.95. The molecule has 0 amide bonds. The number of rotatable bonds is 8. The number of halogens is 1. The van der Waals surface area contributed by atoms with E-state index in [2.05, 4.69) is 40.2 Å². The highest BCUT2D eigenvalue weighted by molar-refractivity contribution is 7.17. The summed E-state index contributed by atoms with van der Waals surface area (Å²) in [5.74, 6) is -0.225. The molecule has 0 radical (unpaired) electrons. The number of piperidine rings is 1. The lowest BCUT2D eigenvalue weighted by Crippen LogP contribution is -2.36. The molecule has 6 nitrogen and oxygen atoms in total. The highest BCUT2D eigenvalue weighted by Gasteiger charge is 2.25. The summed E-state index contributed by atoms with van der Waals surface area (Å²) in [6.07, 6.45) is 2.36. The second kappa shape index (κ2) is 10.8. The SMILES string of the molecule is CCc1c(CN2CCC(C(=O)O)CC2)cccc1-c1nnc(-c2ccc(OC(C)C)c(Cl)c2)s1. The van der Waals surface area contributed by atoms with Gasteiger partial charge in [-0.3, -0.25) is 9.69 Å². The number of likely N-dealkylation sites (tertiary alicyclic amines) is 1. The van der Waals surface area contributed by atoms with Crippen LogP contribution in [0, 0.1) is 5.92 Å². The Balaban J connectivity index is 1.54. The van der Waals surface area contributed by atoms with Gasteiger partial charge in [0, 0.05) is 17.7 Å². The molecular weight excluding hydrogens is 470 g/mol. The van der Waals surface area contributed by atoms with Crippen molar-refractivity contribution in [2.75, 3.05) is 13.1 Å². The van der Waals surface area contributed by atoms with Crippen molar-refractivity contribution in [1.82, 2.24) is 15.1 Å². The average molecular weight is 500 g/mol. The van der Waals surface area contributed by atoms with Gasteiger partial charge in [0.15, 0.2) is 0 Å². The first kappa shape index (κ1) is 24.6. The van der Waals surface area contributed by atoms with Crippen LogP contribution in [-0.4, -0.2) is 45.4 Å². The minimum absolute atomic E-state index is 0.0553. The van der Waals surface area contributed by atoms with Crippen molar-refractivity contribution in [3.05, 3.63) is 52.5 Å². The third-order valence-electron chi connectivity index (χ3n) is 6.15. The van der Waals surface area contributed by atoms with Gasteiger partial charge in [0.1, 0.15) is 15.8 Å². The van der Waals surface area contributed by atoms with Gasteiger partial charge in [-0.05, 0) is 75.5 Å². The minimum atomic E-state index is -0.675. The van der Waals surface area contributed by atoms with Crippen molar-refractivity contribution in [2.45, 2.75) is 52.7 Å². The van der Waals surface area contributed by atoms with Crippen molar-refractivity contribution < 1.29 is 14.6 Å². The Bertz CT molecular complexity index is 1160. The van der Waals surface area contributed by atoms with E-state index in [1.807, 2.05) is 32.0 Å². The van der Waals surface area contributed by atoms with Crippen molar-refractivity contribution in [3.8, 4) is 26.9 Å². The van der Waals surface area contributed by atoms with Gasteiger partial charge in [-0.25, -0.2) is 0 Å². The van der Waals surface area contributed by atoms with E-state index in [0.29, 0.717) is 23.6 Å². The van der Waals surface area contributed by atoms with Crippen molar-refractivity contribution in [2.24, 2.45) is 5.92 Å². The fourth-order valence-electron chi connectivity index (χ4n) is 4.41. The second-order valence-electron chi connectivity index (χ2n) is 8.91. The fraction of sp³-hybridized carbons (Fsp3) is 0.423. The van der Waals surface area contributed by atoms with E-state index in [4.69, 9.17) is 16.3 Å². The lowest BCUT2D eigenvalue weighted by molar-refractivity contribution is -0.143. The number of carbonyl (C=O) groups is 1. The highest BCUT2D eigenvalue weighted by Crippen LogP contribution is 2.36. The Morgan fingerprint density at radius 3 is 2.59 bits per heavy atom. The van der Waals surface area contributed by atoms with Gasteiger partial charge in [0.2, 0.25) is 0 Å². The quantitative estimate of drug-likeness (QED) is 0.399. The number of aliphatic carboxylic acids is 1. The molecule has 0 saturated carbocycles. The molecule has 180 valence electrons. The number of hydrogen-bond donors (Lipinski definition) is 1. The molecule has 1 aliphatic rings. The summed E-state index contributed by atoms with van der Waals surface area (Å²) in [5.41, 5.74) is 4.56. The van der Waals surface area contributed by atoms with Crippen LogP contribution >= 0.6 is 22.9 Å². The smallest absolute Gasteiger partial charge is 0.306 e. The van der Waals surface area contributed by atoms with Crippen LogP contribution in [0.15, 0.2) is 36.4 Å². The molecule has 1 aromatic heterocycles. The summed E-state index contributed by atoms with van der Waals surface area (Å²) in [4.78, 5) is 13.6. The number of aromatic nitrogens is 2. The van der Waals surface area contributed by atoms with E-state index in [9.17, 15) is 9.90 Å². The molecule has 2 aromatic carbocycles. The first-order valence-electron chi connectivity index (χ1n) is 11.7. The zero-order chi connectivity index (χ0) is 24.2. The van der Waals surface area contributed by atoms with E-state index in [0.717, 1.165) is 47.2 Å². The number of nitrogens with zero attached hydrogens (tertiary/aromatic N) is 3. The summed E-state index contributed by atoms with van der Waals surface area (Å²) in [6.45, 7) is 8.54. The van der Waals surface area contributed by atoms with Crippen LogP contribution in [0.2, 0.25) is 5.02 Å². The maximum Gasteiger partial charge on any atom is 0.306 e. The molecule has 1 saturated heterocycles. The Labute approximate surface area is 209 Å². The lowest BCUT2D eigenvalue weighted by Gasteiger charge is -2.30. The van der Waals surface area contributed by atoms with Crippen molar-refractivity contribution >= 4 is 28.9 Å². The highest BCUT2D eigenvalue weighted by atomic mass is 35.5. The zero-order valence-corrected chi connectivity index (χ0v) is 21.3. The Kier molecular flexibility index (Phi) is 7.86. The Morgan fingerprint density at radius 1 is 1.21 bits per heavy atom. The van der Waals surface area contributed by atoms with Crippen LogP contribution in [0.4, 0.5) is 0 Å². The van der Waals surface area contributed by atoms with Crippen LogP contribution < -0.4 is 4.74 Å². The van der Waals surface area contributed by atoms with E-state index in [-0.39, 0.29) is 12.0 Å². The first-order valence-corrected chi connectivity index (χ1v) is 12.9. The van der Waals surface area contributed by atoms with Crippen LogP contribution in [0.25, 0.3) is 21.1 Å². The summed E-state index contributed by atoms with van der Waals surface area (Å²) < 4.78 is 5.74. The molecule has 8 heteroatoms. The average Bonchev–Trinajstić information content (AvgIpc) is 3.30. The first-order chi connectivity index (χ1) is 16.4. The van der Waals surface area contributed by atoms with E-state index < -0.39 is 5.97 Å². The van der Waals surface area contributed by atoms with E-state index in [1.54, 1.807) is 11.3 Å². The van der Waals surface area contributed by atoms with E-state index in [1.165, 1.54) is 11.1 Å². The normalized spacial score (nSPS) is 15.1. The molecule has 0 atom stereocenters. The predicted octanol–water partition coefficient (Wildman–Crippen LogP) is 6.17. The van der Waals surface area contributed by atoms with Gasteiger partial charge in [0.05, 0.1) is 17.0 Å². The zero-order valence-electron chi connectivity index (χ0n) is 19.8. The maximum atomic E-state index is 11.3. The van der Waals surface area contributed by atoms with Gasteiger partial charge in [0.25, 0.3) is 0 Å². The van der Waals surface area contributed by atoms with Gasteiger partial charge in [-0.1, -0.05) is 48.1 Å². The monoisotopic (exact) mass is 499 g/mol. The number of hydrogen-bond acceptors (Lipinski definition) is 6. The van der Waals surface area contributed by atoms with Crippen LogP contribution in [-0.2, 0) is 17.8 Å². The third-order valence-corrected chi connectivity index (χ3v) is 7.46. The van der Waals surface area contributed by atoms with Crippen molar-refractivity contribution in [3.63, 3.8) is 0 Å². The number of benzene rings is 2. The topological polar surface area (TPSA) is 75.6 Å². The molecule has 34 heavy (non-hydrogen) atoms. The summed E-state index contributed by atoms with van der Waals surface area (Å²) in [5, 5.41) is 20.5. The fourth-order valence-corrected chi connectivity index (χ4v) is 5.53. The number of carboxylic acids is 1. The van der Waals surface area contributed by atoms with Crippen LogP contribution in [0.5, 0.6) is 5.75 Å². The summed E-state index contributed by atoms with van der Waals surface area (Å²) in [6, 6.07) is 12.1. The summed E-state index contributed by atoms with van der Waals surface area (Å²) >= 11 is 7.98. The van der Waals surface area contributed by atoms with E-state index >= 15 is 0 Å². The van der Waals surface area contributed by atoms with Gasteiger partial charge in [-0.2, -0.15) is 0 Å². The Hall–Kier alpha value is -2.48. The van der Waals surface area contributed by atoms with Gasteiger partial charge >= 0.3 is 5.97 Å². The molecule has 1 N–H and O–H groups in total.